The van der Waals surface area contributed by atoms with Crippen LogP contribution in [0.1, 0.15) is 96.8 Å². The minimum atomic E-state index is 0.171. The van der Waals surface area contributed by atoms with Crippen molar-refractivity contribution in [1.29, 1.82) is 0 Å². The molecule has 0 bridgehead atoms. The van der Waals surface area contributed by atoms with E-state index < -0.39 is 0 Å². The van der Waals surface area contributed by atoms with Crippen molar-refractivity contribution in [2.75, 3.05) is 0 Å². The standard InChI is InChI=1S/C20H35B/c1-16-10-9-12-17-11-5-6-13-18(17)19(16)20(21)14-7-3-2-4-8-15-20/h16-19H,2-15H2,1H3. The highest BCUT2D eigenvalue weighted by molar-refractivity contribution is 6.15. The molecule has 1 heteroatoms. The first kappa shape index (κ1) is 15.9. The summed E-state index contributed by atoms with van der Waals surface area (Å²) in [7, 11) is 7.17. The van der Waals surface area contributed by atoms with E-state index in [1.807, 2.05) is 0 Å². The van der Waals surface area contributed by atoms with Crippen LogP contribution in [0.2, 0.25) is 5.31 Å². The third-order valence-electron chi connectivity index (χ3n) is 7.22. The molecule has 0 aliphatic heterocycles. The van der Waals surface area contributed by atoms with E-state index in [0.29, 0.717) is 0 Å². The first-order valence-corrected chi connectivity index (χ1v) is 9.99. The zero-order chi connectivity index (χ0) is 14.7. The number of rotatable bonds is 1. The molecule has 0 amide bonds. The van der Waals surface area contributed by atoms with Crippen molar-refractivity contribution in [2.24, 2.45) is 23.7 Å². The van der Waals surface area contributed by atoms with Gasteiger partial charge in [0.05, 0.1) is 7.85 Å². The molecular formula is C20H35B. The maximum absolute atomic E-state index is 7.17. The fourth-order valence-corrected chi connectivity index (χ4v) is 6.26. The summed E-state index contributed by atoms with van der Waals surface area (Å²) in [6.45, 7) is 2.54. The van der Waals surface area contributed by atoms with Crippen molar-refractivity contribution < 1.29 is 0 Å². The van der Waals surface area contributed by atoms with Crippen molar-refractivity contribution in [2.45, 2.75) is 102 Å². The Morgan fingerprint density at radius 1 is 0.714 bits per heavy atom. The van der Waals surface area contributed by atoms with Gasteiger partial charge in [-0.05, 0) is 30.1 Å². The van der Waals surface area contributed by atoms with Crippen LogP contribution in [-0.4, -0.2) is 7.85 Å². The molecule has 2 radical (unpaired) electrons. The molecule has 0 aromatic rings. The van der Waals surface area contributed by atoms with Crippen molar-refractivity contribution >= 4 is 7.85 Å². The Balaban J connectivity index is 1.83. The Morgan fingerprint density at radius 3 is 2.10 bits per heavy atom. The molecule has 0 saturated heterocycles. The Bertz CT molecular complexity index is 316. The summed E-state index contributed by atoms with van der Waals surface area (Å²) in [5, 5.41) is 0.171. The summed E-state index contributed by atoms with van der Waals surface area (Å²) in [6, 6.07) is 0. The average Bonchev–Trinajstić information content (AvgIpc) is 2.62. The first-order chi connectivity index (χ1) is 10.2. The predicted molar refractivity (Wildman–Crippen MR) is 92.7 cm³/mol. The summed E-state index contributed by atoms with van der Waals surface area (Å²) < 4.78 is 0. The monoisotopic (exact) mass is 286 g/mol. The van der Waals surface area contributed by atoms with Gasteiger partial charge in [-0.25, -0.2) is 0 Å². The van der Waals surface area contributed by atoms with Gasteiger partial charge in [-0.3, -0.25) is 0 Å². The van der Waals surface area contributed by atoms with Gasteiger partial charge in [0.1, 0.15) is 0 Å². The lowest BCUT2D eigenvalue weighted by atomic mass is 9.48. The second-order valence-electron chi connectivity index (χ2n) is 8.64. The molecule has 4 atom stereocenters. The molecular weight excluding hydrogens is 251 g/mol. The normalized spacial score (nSPS) is 41.4. The Morgan fingerprint density at radius 2 is 1.33 bits per heavy atom. The van der Waals surface area contributed by atoms with Crippen LogP contribution in [0.5, 0.6) is 0 Å². The van der Waals surface area contributed by atoms with Gasteiger partial charge < -0.3 is 0 Å². The molecule has 0 spiro atoms. The van der Waals surface area contributed by atoms with E-state index in [4.69, 9.17) is 7.85 Å². The van der Waals surface area contributed by atoms with E-state index in [-0.39, 0.29) is 5.31 Å². The fraction of sp³-hybridized carbons (Fsp3) is 1.00. The molecule has 0 aromatic heterocycles. The topological polar surface area (TPSA) is 0 Å². The van der Waals surface area contributed by atoms with Crippen molar-refractivity contribution in [3.8, 4) is 0 Å². The SMILES string of the molecule is [B]C1(C2C(C)CCCC3CCCCC32)CCCCCCC1. The highest BCUT2D eigenvalue weighted by Gasteiger charge is 2.45. The van der Waals surface area contributed by atoms with Gasteiger partial charge in [-0.15, -0.1) is 0 Å². The van der Waals surface area contributed by atoms with Gasteiger partial charge >= 0.3 is 0 Å². The van der Waals surface area contributed by atoms with E-state index in [1.165, 1.54) is 89.9 Å². The smallest absolute Gasteiger partial charge is 0.0628 e. The van der Waals surface area contributed by atoms with E-state index in [2.05, 4.69) is 6.92 Å². The fourth-order valence-electron chi connectivity index (χ4n) is 6.26. The lowest BCUT2D eigenvalue weighted by Gasteiger charge is -2.49. The highest BCUT2D eigenvalue weighted by atomic mass is 14.5. The molecule has 3 aliphatic rings. The summed E-state index contributed by atoms with van der Waals surface area (Å²) in [5.74, 6) is 3.66. The summed E-state index contributed by atoms with van der Waals surface area (Å²) in [5.41, 5.74) is 0. The maximum atomic E-state index is 7.17. The lowest BCUT2D eigenvalue weighted by Crippen LogP contribution is -2.38. The maximum Gasteiger partial charge on any atom is 0.0750 e. The first-order valence-electron chi connectivity index (χ1n) is 9.99. The molecule has 3 saturated carbocycles. The van der Waals surface area contributed by atoms with Crippen molar-refractivity contribution in [1.82, 2.24) is 0 Å². The van der Waals surface area contributed by atoms with Crippen LogP contribution in [0.15, 0.2) is 0 Å². The van der Waals surface area contributed by atoms with Gasteiger partial charge in [-0.2, -0.15) is 0 Å². The van der Waals surface area contributed by atoms with E-state index in [1.54, 1.807) is 0 Å². The Kier molecular flexibility index (Phi) is 5.38. The number of hydrogen-bond acceptors (Lipinski definition) is 0. The van der Waals surface area contributed by atoms with Gasteiger partial charge in [-0.1, -0.05) is 95.7 Å². The molecule has 0 heterocycles. The molecule has 0 aromatic carbocycles. The lowest BCUT2D eigenvalue weighted by molar-refractivity contribution is 0.0821. The van der Waals surface area contributed by atoms with Gasteiger partial charge in [0.25, 0.3) is 0 Å². The number of fused-ring (bicyclic) bond motifs is 1. The Labute approximate surface area is 134 Å². The van der Waals surface area contributed by atoms with Gasteiger partial charge in [0, 0.05) is 0 Å². The summed E-state index contributed by atoms with van der Waals surface area (Å²) in [4.78, 5) is 0. The van der Waals surface area contributed by atoms with E-state index in [0.717, 1.165) is 23.7 Å². The molecule has 0 N–H and O–H groups in total. The third-order valence-corrected chi connectivity index (χ3v) is 7.22. The predicted octanol–water partition coefficient (Wildman–Crippen LogP) is 6.30. The molecule has 3 aliphatic carbocycles. The molecule has 4 unspecified atom stereocenters. The highest BCUT2D eigenvalue weighted by Crippen LogP contribution is 2.57. The van der Waals surface area contributed by atoms with Gasteiger partial charge in [0.15, 0.2) is 0 Å². The minimum Gasteiger partial charge on any atom is -0.0628 e. The van der Waals surface area contributed by atoms with Crippen molar-refractivity contribution in [3.05, 3.63) is 0 Å². The molecule has 3 rings (SSSR count). The zero-order valence-electron chi connectivity index (χ0n) is 14.3. The van der Waals surface area contributed by atoms with Crippen LogP contribution in [0.4, 0.5) is 0 Å². The minimum absolute atomic E-state index is 0.171. The molecule has 0 nitrogen and oxygen atoms in total. The van der Waals surface area contributed by atoms with Crippen LogP contribution in [0.25, 0.3) is 0 Å². The quantitative estimate of drug-likeness (QED) is 0.496. The zero-order valence-corrected chi connectivity index (χ0v) is 14.3. The van der Waals surface area contributed by atoms with E-state index in [9.17, 15) is 0 Å². The van der Waals surface area contributed by atoms with Crippen LogP contribution in [0, 0.1) is 23.7 Å². The summed E-state index contributed by atoms with van der Waals surface area (Å²) >= 11 is 0. The number of hydrogen-bond donors (Lipinski definition) is 0. The third kappa shape index (κ3) is 3.53. The second kappa shape index (κ2) is 7.09. The van der Waals surface area contributed by atoms with Crippen molar-refractivity contribution in [3.63, 3.8) is 0 Å². The van der Waals surface area contributed by atoms with Crippen LogP contribution < -0.4 is 0 Å². The molecule has 118 valence electrons. The molecule has 21 heavy (non-hydrogen) atoms. The largest absolute Gasteiger partial charge is 0.0750 e. The average molecular weight is 286 g/mol. The van der Waals surface area contributed by atoms with Crippen LogP contribution in [0.3, 0.4) is 0 Å². The second-order valence-corrected chi connectivity index (χ2v) is 8.64. The summed E-state index contributed by atoms with van der Waals surface area (Å²) in [6.07, 6.45) is 20.0. The van der Waals surface area contributed by atoms with Crippen LogP contribution in [-0.2, 0) is 0 Å². The Hall–Kier alpha value is 0.0649. The molecule has 3 fully saturated rings. The van der Waals surface area contributed by atoms with E-state index >= 15 is 0 Å². The van der Waals surface area contributed by atoms with Crippen LogP contribution >= 0.6 is 0 Å². The van der Waals surface area contributed by atoms with Gasteiger partial charge in [0.2, 0.25) is 0 Å².